The molecule has 24 nitrogen and oxygen atoms in total. The molecule has 1 saturated carbocycles. The van der Waals surface area contributed by atoms with E-state index in [0.29, 0.717) is 19.3 Å². The number of phosphoric ester groups is 1. The van der Waals surface area contributed by atoms with Gasteiger partial charge in [-0.25, -0.2) is 4.57 Å². The van der Waals surface area contributed by atoms with Gasteiger partial charge in [-0.1, -0.05) is 265 Å². The molecule has 0 amide bonds. The summed E-state index contributed by atoms with van der Waals surface area (Å²) in [7, 11) is -5.69. The fraction of sp³-hybridized carbons (Fsp3) is 0.958. The molecule has 18 atom stereocenters. The Balaban J connectivity index is 1.74. The molecular formula is C71H133O24P. The van der Waals surface area contributed by atoms with Crippen LogP contribution in [0, 0.1) is 0 Å². The number of phosphoric acid groups is 1. The van der Waals surface area contributed by atoms with Crippen molar-refractivity contribution in [1.82, 2.24) is 0 Å². The minimum Gasteiger partial charge on any atom is -0.463 e. The van der Waals surface area contributed by atoms with Crippen molar-refractivity contribution in [2.75, 3.05) is 26.4 Å². The topological polar surface area (TPSA) is 374 Å². The summed E-state index contributed by atoms with van der Waals surface area (Å²) >= 11 is 0. The summed E-state index contributed by atoms with van der Waals surface area (Å²) in [6, 6.07) is 0. The minimum absolute atomic E-state index is 0.0328. The lowest BCUT2D eigenvalue weighted by Crippen LogP contribution is -2.69. The summed E-state index contributed by atoms with van der Waals surface area (Å²) in [5, 5.41) is 110. The normalized spacial score (nSPS) is 27.9. The Labute approximate surface area is 574 Å². The molecule has 96 heavy (non-hydrogen) atoms. The third-order valence-electron chi connectivity index (χ3n) is 18.9. The number of esters is 3. The second-order valence-electron chi connectivity index (χ2n) is 27.4. The van der Waals surface area contributed by atoms with Gasteiger partial charge in [0.2, 0.25) is 0 Å². The van der Waals surface area contributed by atoms with Crippen molar-refractivity contribution in [3.63, 3.8) is 0 Å². The van der Waals surface area contributed by atoms with Gasteiger partial charge in [0.25, 0.3) is 0 Å². The summed E-state index contributed by atoms with van der Waals surface area (Å²) < 4.78 is 65.0. The molecule has 25 heteroatoms. The van der Waals surface area contributed by atoms with E-state index < -0.39 is 156 Å². The van der Waals surface area contributed by atoms with E-state index in [1.165, 1.54) is 154 Å². The van der Waals surface area contributed by atoms with Crippen LogP contribution in [0.1, 0.15) is 303 Å². The Morgan fingerprint density at radius 3 is 1.02 bits per heavy atom. The molecule has 2 saturated heterocycles. The standard InChI is InChI=1S/C71H133O24P/c1-4-7-10-13-16-19-22-24-26-27-29-32-35-38-41-44-47-57(75)90-52(49-87-55(73)45-42-39-36-34-31-28-25-23-20-17-14-11-8-5-2)50-89-96(85,86)95-69-67(93-70-65(83)60(78)58(76)53(48-72)91-70)63(81)62(80)64(82)68(69)94-71-66(84)61(79)59(77)54(92-71)51-88-56(74)46-43-40-37-33-30-21-18-15-12-9-6-3/h52-54,58-72,76-84H,4-51H2,1-3H3,(H,85,86). The first-order valence-electron chi connectivity index (χ1n) is 37.8. The molecule has 0 aromatic carbocycles. The first-order valence-corrected chi connectivity index (χ1v) is 39.3. The van der Waals surface area contributed by atoms with Crippen LogP contribution in [0.25, 0.3) is 0 Å². The van der Waals surface area contributed by atoms with Crippen LogP contribution < -0.4 is 0 Å². The molecule has 11 N–H and O–H groups in total. The van der Waals surface area contributed by atoms with E-state index in [1.54, 1.807) is 0 Å². The number of unbranched alkanes of at least 4 members (excludes halogenated alkanes) is 38. The van der Waals surface area contributed by atoms with Gasteiger partial charge in [0.1, 0.15) is 98.7 Å². The molecule has 1 aliphatic carbocycles. The number of rotatable bonds is 59. The monoisotopic (exact) mass is 1400 g/mol. The van der Waals surface area contributed by atoms with Crippen molar-refractivity contribution in [2.24, 2.45) is 0 Å². The van der Waals surface area contributed by atoms with E-state index in [1.807, 2.05) is 0 Å². The summed E-state index contributed by atoms with van der Waals surface area (Å²) in [6.07, 6.45) is 10.3. The lowest BCUT2D eigenvalue weighted by molar-refractivity contribution is -0.360. The molecule has 18 unspecified atom stereocenters. The quantitative estimate of drug-likeness (QED) is 0.0117. The summed E-state index contributed by atoms with van der Waals surface area (Å²) in [5.41, 5.74) is 0. The maximum atomic E-state index is 14.3. The molecule has 2 aliphatic heterocycles. The molecule has 0 aromatic heterocycles. The SMILES string of the molecule is CCCCCCCCCCCCCCCCCCC(=O)OC(COC(=O)CCCCCCCCCCCCCCCC)COP(=O)(O)OC1C(OC2OC(CO)C(O)C(O)C2O)C(O)C(O)C(O)C1OC1OC(COC(=O)CCCCCCCCCCCCC)C(O)C(O)C1O. The highest BCUT2D eigenvalue weighted by molar-refractivity contribution is 7.47. The molecule has 3 rings (SSSR count). The highest BCUT2D eigenvalue weighted by Crippen LogP contribution is 2.49. The Hall–Kier alpha value is -2.04. The van der Waals surface area contributed by atoms with Gasteiger partial charge in [-0.2, -0.15) is 0 Å². The van der Waals surface area contributed by atoms with Crippen LogP contribution in [0.3, 0.4) is 0 Å². The van der Waals surface area contributed by atoms with Crippen molar-refractivity contribution in [1.29, 1.82) is 0 Å². The maximum absolute atomic E-state index is 14.3. The highest BCUT2D eigenvalue weighted by Gasteiger charge is 2.58. The molecule has 0 bridgehead atoms. The summed E-state index contributed by atoms with van der Waals surface area (Å²) in [5.74, 6) is -1.97. The second-order valence-corrected chi connectivity index (χ2v) is 28.8. The van der Waals surface area contributed by atoms with Crippen molar-refractivity contribution in [2.45, 2.75) is 407 Å². The molecule has 0 aromatic rings. The molecular weight excluding hydrogens is 1270 g/mol. The average Bonchev–Trinajstić information content (AvgIpc) is 0.765. The average molecular weight is 1400 g/mol. The highest BCUT2D eigenvalue weighted by atomic mass is 31.2. The van der Waals surface area contributed by atoms with Gasteiger partial charge in [0.05, 0.1) is 13.2 Å². The third kappa shape index (κ3) is 36.7. The third-order valence-corrected chi connectivity index (χ3v) is 19.9. The first-order chi connectivity index (χ1) is 46.3. The molecule has 3 fully saturated rings. The van der Waals surface area contributed by atoms with E-state index in [-0.39, 0.29) is 19.3 Å². The predicted molar refractivity (Wildman–Crippen MR) is 361 cm³/mol. The lowest BCUT2D eigenvalue weighted by atomic mass is 9.84. The van der Waals surface area contributed by atoms with Crippen molar-refractivity contribution < 1.29 is 117 Å². The summed E-state index contributed by atoms with van der Waals surface area (Å²) in [6.45, 7) is 3.46. The molecule has 566 valence electrons. The van der Waals surface area contributed by atoms with Crippen LogP contribution in [-0.4, -0.2) is 204 Å². The number of aliphatic hydroxyl groups excluding tert-OH is 10. The van der Waals surface area contributed by atoms with E-state index >= 15 is 0 Å². The number of carbonyl (C=O) groups excluding carboxylic acids is 3. The van der Waals surface area contributed by atoms with Crippen molar-refractivity contribution >= 4 is 25.7 Å². The van der Waals surface area contributed by atoms with Gasteiger partial charge in [-0.3, -0.25) is 23.4 Å². The van der Waals surface area contributed by atoms with Crippen LogP contribution in [0.5, 0.6) is 0 Å². The van der Waals surface area contributed by atoms with E-state index in [4.69, 9.17) is 42.2 Å². The fourth-order valence-electron chi connectivity index (χ4n) is 12.7. The lowest BCUT2D eigenvalue weighted by Gasteiger charge is -2.49. The minimum atomic E-state index is -5.69. The molecule has 3 aliphatic rings. The van der Waals surface area contributed by atoms with E-state index in [2.05, 4.69) is 20.8 Å². The Bertz CT molecular complexity index is 1990. The number of aliphatic hydroxyl groups is 10. The Morgan fingerprint density at radius 1 is 0.365 bits per heavy atom. The zero-order chi connectivity index (χ0) is 70.4. The van der Waals surface area contributed by atoms with Crippen LogP contribution in [-0.2, 0) is 61.2 Å². The number of carbonyl (C=O) groups is 3. The smallest absolute Gasteiger partial charge is 0.463 e. The van der Waals surface area contributed by atoms with Crippen molar-refractivity contribution in [3.8, 4) is 0 Å². The van der Waals surface area contributed by atoms with Gasteiger partial charge < -0.3 is 89.1 Å². The number of hydrogen-bond acceptors (Lipinski definition) is 23. The van der Waals surface area contributed by atoms with Crippen LogP contribution in [0.2, 0.25) is 0 Å². The second kappa shape index (κ2) is 53.7. The molecule has 0 spiro atoms. The van der Waals surface area contributed by atoms with E-state index in [9.17, 15) is 74.9 Å². The summed E-state index contributed by atoms with van der Waals surface area (Å²) in [4.78, 5) is 51.0. The van der Waals surface area contributed by atoms with Crippen LogP contribution >= 0.6 is 7.82 Å². The van der Waals surface area contributed by atoms with Crippen LogP contribution in [0.4, 0.5) is 0 Å². The first kappa shape index (κ1) is 88.2. The number of hydrogen-bond donors (Lipinski definition) is 11. The Kier molecular flexibility index (Phi) is 49.4. The zero-order valence-electron chi connectivity index (χ0n) is 58.9. The molecule has 2 heterocycles. The van der Waals surface area contributed by atoms with Gasteiger partial charge in [-0.05, 0) is 19.3 Å². The Morgan fingerprint density at radius 2 is 0.667 bits per heavy atom. The van der Waals surface area contributed by atoms with Crippen LogP contribution in [0.15, 0.2) is 0 Å². The van der Waals surface area contributed by atoms with Crippen molar-refractivity contribution in [3.05, 3.63) is 0 Å². The maximum Gasteiger partial charge on any atom is 0.472 e. The molecule has 0 radical (unpaired) electrons. The fourth-order valence-corrected chi connectivity index (χ4v) is 13.7. The van der Waals surface area contributed by atoms with Gasteiger partial charge >= 0.3 is 25.7 Å². The predicted octanol–water partition coefficient (Wildman–Crippen LogP) is 10.2. The zero-order valence-corrected chi connectivity index (χ0v) is 59.8. The van der Waals surface area contributed by atoms with Gasteiger partial charge in [0.15, 0.2) is 18.7 Å². The number of ether oxygens (including phenoxy) is 7. The van der Waals surface area contributed by atoms with Gasteiger partial charge in [0, 0.05) is 19.3 Å². The van der Waals surface area contributed by atoms with Gasteiger partial charge in [-0.15, -0.1) is 0 Å². The largest absolute Gasteiger partial charge is 0.472 e. The van der Waals surface area contributed by atoms with E-state index in [0.717, 1.165) is 89.9 Å².